The number of carbonyl (C=O) groups excluding carboxylic acids is 1. The Morgan fingerprint density at radius 3 is 2.65 bits per heavy atom. The van der Waals surface area contributed by atoms with Crippen LogP contribution in [0.1, 0.15) is 18.1 Å². The van der Waals surface area contributed by atoms with Crippen molar-refractivity contribution in [2.24, 2.45) is 0 Å². The Labute approximate surface area is 119 Å². The lowest BCUT2D eigenvalue weighted by atomic mass is 10.1. The molecule has 1 amide bonds. The van der Waals surface area contributed by atoms with Gasteiger partial charge >= 0.3 is 0 Å². The average molecular weight is 272 g/mol. The first-order valence-corrected chi connectivity index (χ1v) is 6.88. The quantitative estimate of drug-likeness (QED) is 0.812. The highest BCUT2D eigenvalue weighted by atomic mass is 16.5. The number of H-pyrrole nitrogens is 1. The molecule has 1 heterocycles. The van der Waals surface area contributed by atoms with Gasteiger partial charge < -0.3 is 15.0 Å². The Morgan fingerprint density at radius 1 is 1.20 bits per heavy atom. The monoisotopic (exact) mass is 272 g/mol. The Bertz CT molecular complexity index is 518. The van der Waals surface area contributed by atoms with Crippen molar-refractivity contribution in [3.8, 4) is 5.75 Å². The van der Waals surface area contributed by atoms with Crippen LogP contribution in [0.15, 0.2) is 42.7 Å². The minimum absolute atomic E-state index is 0.0460. The number of aromatic amines is 1. The van der Waals surface area contributed by atoms with Gasteiger partial charge in [-0.05, 0) is 42.7 Å². The molecular formula is C16H20N2O2. The molecule has 4 nitrogen and oxygen atoms in total. The van der Waals surface area contributed by atoms with Gasteiger partial charge in [0.1, 0.15) is 5.75 Å². The predicted molar refractivity (Wildman–Crippen MR) is 78.8 cm³/mol. The van der Waals surface area contributed by atoms with E-state index in [0.29, 0.717) is 19.6 Å². The molecule has 2 N–H and O–H groups in total. The summed E-state index contributed by atoms with van der Waals surface area (Å²) in [6.45, 7) is 3.26. The van der Waals surface area contributed by atoms with Gasteiger partial charge in [-0.15, -0.1) is 0 Å². The van der Waals surface area contributed by atoms with Crippen LogP contribution in [0.4, 0.5) is 0 Å². The third-order valence-electron chi connectivity index (χ3n) is 3.00. The number of ether oxygens (including phenoxy) is 1. The van der Waals surface area contributed by atoms with Crippen LogP contribution in [0.25, 0.3) is 0 Å². The second-order valence-corrected chi connectivity index (χ2v) is 4.57. The van der Waals surface area contributed by atoms with E-state index < -0.39 is 0 Å². The number of nitrogens with one attached hydrogen (secondary N) is 2. The van der Waals surface area contributed by atoms with Gasteiger partial charge in [0, 0.05) is 18.9 Å². The second-order valence-electron chi connectivity index (χ2n) is 4.57. The van der Waals surface area contributed by atoms with Crippen LogP contribution in [-0.4, -0.2) is 24.0 Å². The molecule has 0 radical (unpaired) electrons. The smallest absolute Gasteiger partial charge is 0.224 e. The van der Waals surface area contributed by atoms with Crippen LogP contribution >= 0.6 is 0 Å². The van der Waals surface area contributed by atoms with Gasteiger partial charge in [0.05, 0.1) is 13.0 Å². The number of hydrogen-bond acceptors (Lipinski definition) is 2. The molecule has 0 aliphatic rings. The third-order valence-corrected chi connectivity index (χ3v) is 3.00. The minimum Gasteiger partial charge on any atom is -0.494 e. The van der Waals surface area contributed by atoms with Crippen LogP contribution in [0.5, 0.6) is 5.75 Å². The molecule has 0 aliphatic heterocycles. The molecule has 0 atom stereocenters. The largest absolute Gasteiger partial charge is 0.494 e. The van der Waals surface area contributed by atoms with Crippen LogP contribution in [-0.2, 0) is 17.6 Å². The molecule has 4 heteroatoms. The van der Waals surface area contributed by atoms with Gasteiger partial charge in [-0.1, -0.05) is 12.1 Å². The van der Waals surface area contributed by atoms with Crippen molar-refractivity contribution in [3.05, 3.63) is 53.9 Å². The maximum atomic E-state index is 11.8. The van der Waals surface area contributed by atoms with E-state index in [4.69, 9.17) is 4.74 Å². The van der Waals surface area contributed by atoms with E-state index in [2.05, 4.69) is 10.3 Å². The molecule has 1 aromatic carbocycles. The zero-order valence-electron chi connectivity index (χ0n) is 11.7. The summed E-state index contributed by atoms with van der Waals surface area (Å²) >= 11 is 0. The first-order chi connectivity index (χ1) is 9.78. The lowest BCUT2D eigenvalue weighted by Crippen LogP contribution is -2.27. The van der Waals surface area contributed by atoms with Gasteiger partial charge in [0.2, 0.25) is 5.91 Å². The highest BCUT2D eigenvalue weighted by Gasteiger charge is 2.03. The molecule has 0 aliphatic carbocycles. The van der Waals surface area contributed by atoms with Gasteiger partial charge in [0.15, 0.2) is 0 Å². The molecule has 0 spiro atoms. The van der Waals surface area contributed by atoms with Crippen LogP contribution in [0, 0.1) is 0 Å². The average Bonchev–Trinajstić information content (AvgIpc) is 2.94. The minimum atomic E-state index is 0.0460. The van der Waals surface area contributed by atoms with Gasteiger partial charge in [0.25, 0.3) is 0 Å². The Balaban J connectivity index is 1.73. The van der Waals surface area contributed by atoms with Crippen molar-refractivity contribution >= 4 is 5.91 Å². The summed E-state index contributed by atoms with van der Waals surface area (Å²) in [6, 6.07) is 9.66. The number of amides is 1. The molecule has 0 saturated carbocycles. The first kappa shape index (κ1) is 14.2. The molecule has 20 heavy (non-hydrogen) atoms. The molecular weight excluding hydrogens is 252 g/mol. The molecule has 2 aromatic rings. The maximum Gasteiger partial charge on any atom is 0.224 e. The second kappa shape index (κ2) is 7.38. The van der Waals surface area contributed by atoms with Crippen molar-refractivity contribution in [2.75, 3.05) is 13.2 Å². The van der Waals surface area contributed by atoms with Crippen molar-refractivity contribution < 1.29 is 9.53 Å². The number of aromatic nitrogens is 1. The van der Waals surface area contributed by atoms with Crippen molar-refractivity contribution in [3.63, 3.8) is 0 Å². The molecule has 0 fully saturated rings. The highest BCUT2D eigenvalue weighted by Crippen LogP contribution is 2.12. The van der Waals surface area contributed by atoms with Crippen molar-refractivity contribution in [1.82, 2.24) is 10.3 Å². The van der Waals surface area contributed by atoms with Gasteiger partial charge in [-0.3, -0.25) is 4.79 Å². The molecule has 106 valence electrons. The van der Waals surface area contributed by atoms with Gasteiger partial charge in [-0.25, -0.2) is 0 Å². The number of benzene rings is 1. The van der Waals surface area contributed by atoms with E-state index in [1.54, 1.807) is 0 Å². The maximum absolute atomic E-state index is 11.8. The van der Waals surface area contributed by atoms with E-state index in [0.717, 1.165) is 17.7 Å². The SMILES string of the molecule is CCOc1ccc(CC(=O)NCCc2cc[nH]c2)cc1. The first-order valence-electron chi connectivity index (χ1n) is 6.88. The summed E-state index contributed by atoms with van der Waals surface area (Å²) in [5.41, 5.74) is 2.19. The molecule has 1 aromatic heterocycles. The summed E-state index contributed by atoms with van der Waals surface area (Å²) in [6.07, 6.45) is 5.08. The highest BCUT2D eigenvalue weighted by molar-refractivity contribution is 5.78. The summed E-state index contributed by atoms with van der Waals surface area (Å²) in [7, 11) is 0. The lowest BCUT2D eigenvalue weighted by molar-refractivity contribution is -0.120. The van der Waals surface area contributed by atoms with E-state index in [1.807, 2.05) is 49.6 Å². The zero-order valence-corrected chi connectivity index (χ0v) is 11.7. The lowest BCUT2D eigenvalue weighted by Gasteiger charge is -2.06. The molecule has 0 saturated heterocycles. The van der Waals surface area contributed by atoms with E-state index in [1.165, 1.54) is 5.56 Å². The zero-order chi connectivity index (χ0) is 14.2. The van der Waals surface area contributed by atoms with E-state index in [9.17, 15) is 4.79 Å². The van der Waals surface area contributed by atoms with Crippen LogP contribution in [0.3, 0.4) is 0 Å². The van der Waals surface area contributed by atoms with Crippen molar-refractivity contribution in [1.29, 1.82) is 0 Å². The fourth-order valence-corrected chi connectivity index (χ4v) is 1.98. The Morgan fingerprint density at radius 2 is 2.00 bits per heavy atom. The van der Waals surface area contributed by atoms with Crippen molar-refractivity contribution in [2.45, 2.75) is 19.8 Å². The fraction of sp³-hybridized carbons (Fsp3) is 0.312. The van der Waals surface area contributed by atoms with Crippen LogP contribution in [0.2, 0.25) is 0 Å². The molecule has 2 rings (SSSR count). The number of hydrogen-bond donors (Lipinski definition) is 2. The Hall–Kier alpha value is -2.23. The molecule has 0 bridgehead atoms. The summed E-state index contributed by atoms with van der Waals surface area (Å²) in [5.74, 6) is 0.883. The van der Waals surface area contributed by atoms with Gasteiger partial charge in [-0.2, -0.15) is 0 Å². The summed E-state index contributed by atoms with van der Waals surface area (Å²) in [5, 5.41) is 2.93. The number of rotatable bonds is 7. The summed E-state index contributed by atoms with van der Waals surface area (Å²) < 4.78 is 5.37. The van der Waals surface area contributed by atoms with Crippen LogP contribution < -0.4 is 10.1 Å². The number of carbonyl (C=O) groups is 1. The standard InChI is InChI=1S/C16H20N2O2/c1-2-20-15-5-3-13(4-6-15)11-16(19)18-10-8-14-7-9-17-12-14/h3-7,9,12,17H,2,8,10-11H2,1H3,(H,18,19). The summed E-state index contributed by atoms with van der Waals surface area (Å²) in [4.78, 5) is 14.8. The normalized spacial score (nSPS) is 10.2. The van der Waals surface area contributed by atoms with E-state index in [-0.39, 0.29) is 5.91 Å². The Kier molecular flexibility index (Phi) is 5.24. The molecule has 0 unspecified atom stereocenters. The third kappa shape index (κ3) is 4.46. The topological polar surface area (TPSA) is 54.1 Å². The fourth-order valence-electron chi connectivity index (χ4n) is 1.98. The predicted octanol–water partition coefficient (Wildman–Crippen LogP) is 2.31. The van der Waals surface area contributed by atoms with E-state index >= 15 is 0 Å².